The van der Waals surface area contributed by atoms with Crippen molar-refractivity contribution < 1.29 is 8.42 Å². The van der Waals surface area contributed by atoms with Crippen molar-refractivity contribution in [3.63, 3.8) is 0 Å². The van der Waals surface area contributed by atoms with Gasteiger partial charge in [0.25, 0.3) is 0 Å². The van der Waals surface area contributed by atoms with Gasteiger partial charge in [0.2, 0.25) is 10.3 Å². The Morgan fingerprint density at radius 2 is 1.90 bits per heavy atom. The molecule has 0 aromatic heterocycles. The Bertz CT molecular complexity index is 230. The van der Waals surface area contributed by atoms with Crippen LogP contribution in [0.15, 0.2) is 0 Å². The molecule has 0 aromatic rings. The second-order valence-electron chi connectivity index (χ2n) is 2.75. The van der Waals surface area contributed by atoms with E-state index in [1.165, 1.54) is 0 Å². The van der Waals surface area contributed by atoms with Crippen LogP contribution in [0.25, 0.3) is 0 Å². The minimum absolute atomic E-state index is 0.00926. The van der Waals surface area contributed by atoms with Crippen LogP contribution in [0.1, 0.15) is 27.2 Å². The number of hydrogen-bond acceptors (Lipinski definition) is 2. The van der Waals surface area contributed by atoms with Crippen molar-refractivity contribution >= 4 is 26.2 Å². The van der Waals surface area contributed by atoms with E-state index in [1.807, 2.05) is 6.92 Å². The molecule has 0 saturated carbocycles. The van der Waals surface area contributed by atoms with Crippen molar-refractivity contribution in [2.75, 3.05) is 0 Å². The molecule has 0 heterocycles. The molecule has 0 fully saturated rings. The van der Waals surface area contributed by atoms with Crippen LogP contribution >= 0.6 is 11.6 Å². The molecule has 10 heavy (non-hydrogen) atoms. The van der Waals surface area contributed by atoms with Crippen molar-refractivity contribution in [1.29, 1.82) is 0 Å². The Kier molecular flexibility index (Phi) is 3.39. The van der Waals surface area contributed by atoms with Crippen LogP contribution in [0.4, 0.5) is 0 Å². The Morgan fingerprint density at radius 3 is 2.00 bits per heavy atom. The van der Waals surface area contributed by atoms with Crippen LogP contribution in [-0.2, 0) is 10.3 Å². The van der Waals surface area contributed by atoms with Crippen molar-refractivity contribution in [1.82, 2.24) is 0 Å². The zero-order chi connectivity index (χ0) is 8.36. The summed E-state index contributed by atoms with van der Waals surface area (Å²) in [6.45, 7) is 5.49. The van der Waals surface area contributed by atoms with Crippen LogP contribution in [0.5, 0.6) is 0 Å². The minimum Gasteiger partial charge on any atom is -0.183 e. The zero-order valence-corrected chi connectivity index (χ0v) is 7.88. The minimum atomic E-state index is -2.25. The third-order valence-electron chi connectivity index (χ3n) is 1.56. The second kappa shape index (κ2) is 3.39. The maximum Gasteiger partial charge on any atom is 0.229 e. The van der Waals surface area contributed by atoms with Gasteiger partial charge < -0.3 is 0 Å². The lowest BCUT2D eigenvalue weighted by atomic mass is 9.93. The summed E-state index contributed by atoms with van der Waals surface area (Å²) in [5.41, 5.74) is -0.409. The molecular weight excluding hydrogens is 172 g/mol. The first-order valence-corrected chi connectivity index (χ1v) is 4.49. The van der Waals surface area contributed by atoms with Gasteiger partial charge in [-0.25, -0.2) is 0 Å². The fourth-order valence-corrected chi connectivity index (χ4v) is 1.09. The van der Waals surface area contributed by atoms with E-state index >= 15 is 0 Å². The van der Waals surface area contributed by atoms with Gasteiger partial charge >= 0.3 is 0 Å². The van der Waals surface area contributed by atoms with Gasteiger partial charge in [-0.05, 0) is 6.42 Å². The van der Waals surface area contributed by atoms with Crippen molar-refractivity contribution in [3.8, 4) is 0 Å². The highest BCUT2D eigenvalue weighted by Crippen LogP contribution is 2.23. The molecule has 0 N–H and O–H groups in total. The lowest BCUT2D eigenvalue weighted by Crippen LogP contribution is -2.18. The average molecular weight is 183 g/mol. The summed E-state index contributed by atoms with van der Waals surface area (Å²) < 4.78 is 20.7. The topological polar surface area (TPSA) is 34.1 Å². The molecule has 0 bridgehead atoms. The molecule has 0 aromatic carbocycles. The number of rotatable bonds is 2. The van der Waals surface area contributed by atoms with Gasteiger partial charge in [-0.3, -0.25) is 0 Å². The first-order chi connectivity index (χ1) is 4.41. The molecule has 0 spiro atoms. The molecule has 0 rings (SSSR count). The molecule has 0 saturated heterocycles. The lowest BCUT2D eigenvalue weighted by molar-refractivity contribution is 0.515. The standard InChI is InChI=1S/C6H11ClO2S/c1-4-6(2,3)5(7)10(8)9/h4H2,1-3H3. The lowest BCUT2D eigenvalue weighted by Gasteiger charge is -2.17. The highest BCUT2D eigenvalue weighted by Gasteiger charge is 2.22. The van der Waals surface area contributed by atoms with E-state index in [4.69, 9.17) is 11.6 Å². The zero-order valence-electron chi connectivity index (χ0n) is 6.31. The molecule has 0 radical (unpaired) electrons. The quantitative estimate of drug-likeness (QED) is 0.481. The number of halogens is 1. The first-order valence-electron chi connectivity index (χ1n) is 3.04. The van der Waals surface area contributed by atoms with Crippen molar-refractivity contribution in [2.45, 2.75) is 27.2 Å². The molecule has 0 amide bonds. The van der Waals surface area contributed by atoms with Gasteiger partial charge in [0.05, 0.1) is 0 Å². The monoisotopic (exact) mass is 182 g/mol. The molecule has 0 atom stereocenters. The maximum atomic E-state index is 10.3. The van der Waals surface area contributed by atoms with Crippen molar-refractivity contribution in [3.05, 3.63) is 0 Å². The highest BCUT2D eigenvalue weighted by atomic mass is 35.5. The van der Waals surface area contributed by atoms with E-state index in [0.717, 1.165) is 6.42 Å². The SMILES string of the molecule is CCC(C)(C)C(Cl)=S(=O)=O. The fraction of sp³-hybridized carbons (Fsp3) is 0.833. The molecule has 2 nitrogen and oxygen atoms in total. The Balaban J connectivity index is 4.85. The third-order valence-corrected chi connectivity index (χ3v) is 3.30. The predicted octanol–water partition coefficient (Wildman–Crippen LogP) is 1.67. The average Bonchev–Trinajstić information content (AvgIpc) is 1.86. The smallest absolute Gasteiger partial charge is 0.183 e. The number of hydrogen-bond donors (Lipinski definition) is 0. The van der Waals surface area contributed by atoms with Crippen LogP contribution in [0.2, 0.25) is 0 Å². The highest BCUT2D eigenvalue weighted by molar-refractivity contribution is 7.76. The Labute approximate surface area is 67.7 Å². The second-order valence-corrected chi connectivity index (χ2v) is 4.23. The van der Waals surface area contributed by atoms with Gasteiger partial charge in [-0.2, -0.15) is 8.42 Å². The molecule has 60 valence electrons. The summed E-state index contributed by atoms with van der Waals surface area (Å²) in [7, 11) is -2.25. The summed E-state index contributed by atoms with van der Waals surface area (Å²) >= 11 is 5.51. The third kappa shape index (κ3) is 2.31. The normalized spacial score (nSPS) is 11.2. The molecule has 4 heteroatoms. The van der Waals surface area contributed by atoms with Crippen molar-refractivity contribution in [2.24, 2.45) is 5.41 Å². The summed E-state index contributed by atoms with van der Waals surface area (Å²) in [4.78, 5) is 0. The van der Waals surface area contributed by atoms with E-state index < -0.39 is 15.7 Å². The maximum absolute atomic E-state index is 10.3. The van der Waals surface area contributed by atoms with E-state index in [0.29, 0.717) is 0 Å². The molecule has 0 unspecified atom stereocenters. The van der Waals surface area contributed by atoms with E-state index in [9.17, 15) is 8.42 Å². The van der Waals surface area contributed by atoms with Gasteiger partial charge in [-0.1, -0.05) is 32.4 Å². The summed E-state index contributed by atoms with van der Waals surface area (Å²) in [5.74, 6) is 0. The summed E-state index contributed by atoms with van der Waals surface area (Å²) in [6, 6.07) is 0. The molecular formula is C6H11ClO2S. The van der Waals surface area contributed by atoms with Crippen LogP contribution in [0, 0.1) is 5.41 Å². The molecule has 0 aliphatic carbocycles. The Morgan fingerprint density at radius 1 is 1.50 bits per heavy atom. The van der Waals surface area contributed by atoms with Crippen LogP contribution < -0.4 is 0 Å². The van der Waals surface area contributed by atoms with Crippen LogP contribution in [-0.4, -0.2) is 12.7 Å². The largest absolute Gasteiger partial charge is 0.229 e. The van der Waals surface area contributed by atoms with E-state index in [2.05, 4.69) is 0 Å². The van der Waals surface area contributed by atoms with E-state index in [-0.39, 0.29) is 4.32 Å². The van der Waals surface area contributed by atoms with Gasteiger partial charge in [-0.15, -0.1) is 0 Å². The molecule has 0 aliphatic rings. The Hall–Kier alpha value is -0.0200. The summed E-state index contributed by atoms with van der Waals surface area (Å²) in [5, 5.41) is 0. The molecule has 0 aliphatic heterocycles. The fourth-order valence-electron chi connectivity index (χ4n) is 0.365. The van der Waals surface area contributed by atoms with E-state index in [1.54, 1.807) is 13.8 Å². The first kappa shape index (κ1) is 9.98. The van der Waals surface area contributed by atoms with Gasteiger partial charge in [0.1, 0.15) is 4.32 Å². The van der Waals surface area contributed by atoms with Crippen LogP contribution in [0.3, 0.4) is 0 Å². The predicted molar refractivity (Wildman–Crippen MR) is 43.9 cm³/mol. The van der Waals surface area contributed by atoms with Gasteiger partial charge in [0.15, 0.2) is 0 Å². The van der Waals surface area contributed by atoms with Gasteiger partial charge in [0, 0.05) is 5.41 Å². The summed E-state index contributed by atoms with van der Waals surface area (Å²) in [6.07, 6.45) is 0.722.